The lowest BCUT2D eigenvalue weighted by Gasteiger charge is -2.07. The van der Waals surface area contributed by atoms with Crippen LogP contribution in [0.5, 0.6) is 0 Å². The van der Waals surface area contributed by atoms with Crippen molar-refractivity contribution in [3.63, 3.8) is 0 Å². The van der Waals surface area contributed by atoms with Crippen molar-refractivity contribution >= 4 is 23.3 Å². The van der Waals surface area contributed by atoms with Crippen LogP contribution in [0, 0.1) is 10.1 Å². The molecule has 0 aliphatic rings. The zero-order valence-corrected chi connectivity index (χ0v) is 17.1. The quantitative estimate of drug-likeness (QED) is 0.318. The molecule has 2 heterocycles. The van der Waals surface area contributed by atoms with Crippen molar-refractivity contribution in [2.75, 3.05) is 5.32 Å². The number of rotatable bonds is 5. The number of nitro groups is 1. The number of non-ortho nitro benzene ring substituents is 1. The second kappa shape index (κ2) is 8.31. The van der Waals surface area contributed by atoms with Crippen LogP contribution in [0.25, 0.3) is 28.3 Å². The molecule has 0 spiro atoms. The topological polar surface area (TPSA) is 115 Å². The van der Waals surface area contributed by atoms with Gasteiger partial charge in [0.05, 0.1) is 16.3 Å². The van der Waals surface area contributed by atoms with Crippen LogP contribution in [-0.2, 0) is 0 Å². The van der Waals surface area contributed by atoms with Crippen LogP contribution in [-0.4, -0.2) is 30.4 Å². The summed E-state index contributed by atoms with van der Waals surface area (Å²) < 4.78 is 1.56. The monoisotopic (exact) mass is 436 g/mol. The van der Waals surface area contributed by atoms with E-state index >= 15 is 0 Å². The number of benzene rings is 3. The van der Waals surface area contributed by atoms with E-state index in [2.05, 4.69) is 20.4 Å². The second-order valence-electron chi connectivity index (χ2n) is 7.17. The summed E-state index contributed by atoms with van der Waals surface area (Å²) in [6, 6.07) is 26.7. The van der Waals surface area contributed by atoms with Gasteiger partial charge >= 0.3 is 0 Å². The molecule has 0 radical (unpaired) electrons. The Morgan fingerprint density at radius 3 is 2.24 bits per heavy atom. The lowest BCUT2D eigenvalue weighted by molar-refractivity contribution is -0.384. The highest BCUT2D eigenvalue weighted by atomic mass is 16.6. The highest BCUT2D eigenvalue weighted by Crippen LogP contribution is 2.26. The number of hydrogen-bond donors (Lipinski definition) is 1. The molecule has 5 aromatic rings. The average Bonchev–Trinajstić information content (AvgIpc) is 3.27. The first-order valence-electron chi connectivity index (χ1n) is 10.0. The third-order valence-corrected chi connectivity index (χ3v) is 5.00. The molecule has 0 saturated heterocycles. The van der Waals surface area contributed by atoms with E-state index in [1.165, 1.54) is 24.3 Å². The molecule has 9 heteroatoms. The molecule has 1 N–H and O–H groups in total. The number of carbonyl (C=O) groups excluding carboxylic acids is 1. The molecule has 0 aliphatic heterocycles. The van der Waals surface area contributed by atoms with E-state index in [9.17, 15) is 14.9 Å². The first-order valence-corrected chi connectivity index (χ1v) is 10.0. The summed E-state index contributed by atoms with van der Waals surface area (Å²) >= 11 is 0. The first-order chi connectivity index (χ1) is 16.1. The van der Waals surface area contributed by atoms with Crippen LogP contribution in [0.1, 0.15) is 10.4 Å². The average molecular weight is 436 g/mol. The van der Waals surface area contributed by atoms with Gasteiger partial charge in [0.1, 0.15) is 0 Å². The Morgan fingerprint density at radius 1 is 0.848 bits per heavy atom. The van der Waals surface area contributed by atoms with Crippen LogP contribution in [0.2, 0.25) is 0 Å². The lowest BCUT2D eigenvalue weighted by atomic mass is 10.1. The summed E-state index contributed by atoms with van der Waals surface area (Å²) in [6.45, 7) is 0. The maximum Gasteiger partial charge on any atom is 0.270 e. The molecule has 5 rings (SSSR count). The van der Waals surface area contributed by atoms with Crippen LogP contribution >= 0.6 is 0 Å². The molecule has 9 nitrogen and oxygen atoms in total. The van der Waals surface area contributed by atoms with E-state index in [0.29, 0.717) is 11.5 Å². The summed E-state index contributed by atoms with van der Waals surface area (Å²) in [4.78, 5) is 32.1. The third kappa shape index (κ3) is 4.02. The van der Waals surface area contributed by atoms with Gasteiger partial charge in [-0.15, -0.1) is 5.10 Å². The lowest BCUT2D eigenvalue weighted by Crippen LogP contribution is -2.13. The fourth-order valence-corrected chi connectivity index (χ4v) is 3.43. The fraction of sp³-hybridized carbons (Fsp3) is 0. The van der Waals surface area contributed by atoms with Gasteiger partial charge in [-0.25, -0.2) is 4.98 Å². The number of hydrogen-bond acceptors (Lipinski definition) is 6. The van der Waals surface area contributed by atoms with Gasteiger partial charge in [0.15, 0.2) is 0 Å². The van der Waals surface area contributed by atoms with Crippen molar-refractivity contribution in [3.05, 3.63) is 107 Å². The van der Waals surface area contributed by atoms with E-state index < -0.39 is 10.8 Å². The smallest absolute Gasteiger partial charge is 0.270 e. The number of nitrogens with one attached hydrogen (secondary N) is 1. The number of nitrogens with zero attached hydrogens (tertiary/aromatic N) is 5. The number of fused-ring (bicyclic) bond motifs is 1. The Balaban J connectivity index is 1.57. The van der Waals surface area contributed by atoms with Gasteiger partial charge < -0.3 is 0 Å². The molecule has 0 atom stereocenters. The summed E-state index contributed by atoms with van der Waals surface area (Å²) in [5.74, 6) is -0.204. The van der Waals surface area contributed by atoms with E-state index in [1.54, 1.807) is 4.52 Å². The zero-order valence-electron chi connectivity index (χ0n) is 17.1. The maximum absolute atomic E-state index is 12.7. The molecular weight excluding hydrogens is 420 g/mol. The minimum atomic E-state index is -0.556. The van der Waals surface area contributed by atoms with E-state index in [-0.39, 0.29) is 17.2 Å². The molecule has 2 aromatic heterocycles. The van der Waals surface area contributed by atoms with Gasteiger partial charge in [-0.05, 0) is 12.1 Å². The summed E-state index contributed by atoms with van der Waals surface area (Å²) in [6.07, 6.45) is 0. The largest absolute Gasteiger partial charge is 0.289 e. The number of carbonyl (C=O) groups is 1. The summed E-state index contributed by atoms with van der Waals surface area (Å²) in [5.41, 5.74) is 3.25. The first kappa shape index (κ1) is 20.0. The molecule has 0 fully saturated rings. The van der Waals surface area contributed by atoms with Crippen LogP contribution < -0.4 is 5.32 Å². The number of aromatic nitrogens is 4. The van der Waals surface area contributed by atoms with E-state index in [0.717, 1.165) is 16.8 Å². The maximum atomic E-state index is 12.7. The molecule has 0 saturated carbocycles. The van der Waals surface area contributed by atoms with E-state index in [4.69, 9.17) is 0 Å². The Morgan fingerprint density at radius 2 is 1.55 bits per heavy atom. The van der Waals surface area contributed by atoms with Gasteiger partial charge in [-0.1, -0.05) is 66.7 Å². The fourth-order valence-electron chi connectivity index (χ4n) is 3.43. The van der Waals surface area contributed by atoms with Crippen molar-refractivity contribution in [2.24, 2.45) is 0 Å². The standard InChI is InChI=1S/C24H16N6O3/c31-22(18-12-7-13-19(14-18)30(32)33)26-23-27-24-25-20(16-8-3-1-4-9-16)15-21(29(24)28-23)17-10-5-2-6-11-17/h1-15H,(H,26,28,31). The van der Waals surface area contributed by atoms with Crippen LogP contribution in [0.4, 0.5) is 11.6 Å². The minimum absolute atomic E-state index is 0.0430. The second-order valence-corrected chi connectivity index (χ2v) is 7.17. The molecular formula is C24H16N6O3. The molecule has 160 valence electrons. The van der Waals surface area contributed by atoms with E-state index in [1.807, 2.05) is 66.7 Å². The van der Waals surface area contributed by atoms with Crippen molar-refractivity contribution < 1.29 is 9.72 Å². The normalized spacial score (nSPS) is 10.8. The van der Waals surface area contributed by atoms with Crippen molar-refractivity contribution in [1.29, 1.82) is 0 Å². The number of anilines is 1. The highest BCUT2D eigenvalue weighted by Gasteiger charge is 2.17. The summed E-state index contributed by atoms with van der Waals surface area (Å²) in [5, 5.41) is 18.0. The Hall–Kier alpha value is -4.92. The molecule has 0 bridgehead atoms. The van der Waals surface area contributed by atoms with Crippen molar-refractivity contribution in [1.82, 2.24) is 19.6 Å². The summed E-state index contributed by atoms with van der Waals surface area (Å²) in [7, 11) is 0. The molecule has 3 aromatic carbocycles. The molecule has 1 amide bonds. The Kier molecular flexibility index (Phi) is 5.04. The highest BCUT2D eigenvalue weighted by molar-refractivity contribution is 6.03. The zero-order chi connectivity index (χ0) is 22.8. The predicted octanol–water partition coefficient (Wildman–Crippen LogP) is 4.62. The Bertz CT molecular complexity index is 1480. The molecule has 33 heavy (non-hydrogen) atoms. The minimum Gasteiger partial charge on any atom is -0.289 e. The van der Waals surface area contributed by atoms with Gasteiger partial charge in [-0.2, -0.15) is 9.50 Å². The van der Waals surface area contributed by atoms with Gasteiger partial charge in [0, 0.05) is 28.8 Å². The third-order valence-electron chi connectivity index (χ3n) is 5.00. The van der Waals surface area contributed by atoms with Gasteiger partial charge in [-0.3, -0.25) is 20.2 Å². The number of amides is 1. The van der Waals surface area contributed by atoms with Gasteiger partial charge in [0.25, 0.3) is 23.3 Å². The molecule has 0 aliphatic carbocycles. The SMILES string of the molecule is O=C(Nc1nc2nc(-c3ccccc3)cc(-c3ccccc3)n2n1)c1cccc([N+](=O)[O-])c1. The van der Waals surface area contributed by atoms with Crippen molar-refractivity contribution in [2.45, 2.75) is 0 Å². The van der Waals surface area contributed by atoms with Gasteiger partial charge in [0.2, 0.25) is 0 Å². The predicted molar refractivity (Wildman–Crippen MR) is 123 cm³/mol. The van der Waals surface area contributed by atoms with Crippen LogP contribution in [0.3, 0.4) is 0 Å². The van der Waals surface area contributed by atoms with Crippen molar-refractivity contribution in [3.8, 4) is 22.5 Å². The Labute approximate surface area is 187 Å². The molecule has 0 unspecified atom stereocenters. The van der Waals surface area contributed by atoms with Crippen LogP contribution in [0.15, 0.2) is 91.0 Å². The number of nitro benzene ring substituents is 1.